The van der Waals surface area contributed by atoms with Crippen LogP contribution in [0.2, 0.25) is 0 Å². The summed E-state index contributed by atoms with van der Waals surface area (Å²) in [5.74, 6) is 0. The lowest BCUT2D eigenvalue weighted by atomic mass is 10.1. The molecule has 1 aliphatic rings. The number of ether oxygens (including phenoxy) is 2. The van der Waals surface area contributed by atoms with Gasteiger partial charge >= 0.3 is 0 Å². The third-order valence-corrected chi connectivity index (χ3v) is 12.6. The van der Waals surface area contributed by atoms with Crippen LogP contribution in [0.1, 0.15) is 13.8 Å². The molecule has 0 radical (unpaired) electrons. The van der Waals surface area contributed by atoms with Crippen molar-refractivity contribution < 1.29 is 9.47 Å². The molecule has 4 heteroatoms. The Labute approximate surface area is 218 Å². The van der Waals surface area contributed by atoms with Gasteiger partial charge in [-0.2, -0.15) is 0 Å². The van der Waals surface area contributed by atoms with E-state index in [1.165, 1.54) is 21.2 Å². The van der Waals surface area contributed by atoms with Crippen molar-refractivity contribution in [2.24, 2.45) is 0 Å². The van der Waals surface area contributed by atoms with Crippen molar-refractivity contribution in [1.82, 2.24) is 0 Å². The van der Waals surface area contributed by atoms with Crippen LogP contribution in [0.15, 0.2) is 121 Å². The summed E-state index contributed by atoms with van der Waals surface area (Å²) in [6.45, 7) is 6.05. The van der Waals surface area contributed by atoms with Gasteiger partial charge in [-0.05, 0) is 37.1 Å². The molecular weight excluding hydrogens is 478 g/mol. The van der Waals surface area contributed by atoms with Gasteiger partial charge in [-0.3, -0.25) is 0 Å². The minimum absolute atomic E-state index is 0.0256. The lowest BCUT2D eigenvalue weighted by Crippen LogP contribution is -2.51. The highest BCUT2D eigenvalue weighted by atomic mass is 31.1. The molecule has 1 heterocycles. The SMILES string of the molecule is C[C@H]([C@H]1OCCO[C@@H]1[C@@H](C)P(c1ccccc1)c1ccccc1)P(c1ccccc1)c1ccccc1. The predicted octanol–water partition coefficient (Wildman–Crippen LogP) is 5.81. The maximum atomic E-state index is 6.62. The van der Waals surface area contributed by atoms with Gasteiger partial charge in [0, 0.05) is 11.3 Å². The van der Waals surface area contributed by atoms with Crippen LogP contribution >= 0.6 is 15.8 Å². The van der Waals surface area contributed by atoms with Gasteiger partial charge in [-0.1, -0.05) is 135 Å². The van der Waals surface area contributed by atoms with E-state index < -0.39 is 15.8 Å². The van der Waals surface area contributed by atoms with E-state index in [-0.39, 0.29) is 12.2 Å². The smallest absolute Gasteiger partial charge is 0.0914 e. The zero-order valence-electron chi connectivity index (χ0n) is 21.0. The minimum atomic E-state index is -0.612. The summed E-state index contributed by atoms with van der Waals surface area (Å²) in [6.07, 6.45) is 0.0513. The Morgan fingerprint density at radius 2 is 0.722 bits per heavy atom. The summed E-state index contributed by atoms with van der Waals surface area (Å²) in [6, 6.07) is 43.9. The van der Waals surface area contributed by atoms with Crippen molar-refractivity contribution in [3.63, 3.8) is 0 Å². The van der Waals surface area contributed by atoms with Gasteiger partial charge in [-0.15, -0.1) is 0 Å². The largest absolute Gasteiger partial charge is 0.372 e. The fraction of sp³-hybridized carbons (Fsp3) is 0.250. The molecule has 1 saturated heterocycles. The molecule has 1 aliphatic heterocycles. The lowest BCUT2D eigenvalue weighted by molar-refractivity contribution is -0.137. The summed E-state index contributed by atoms with van der Waals surface area (Å²) >= 11 is 0. The number of benzene rings is 4. The molecule has 4 aromatic rings. The van der Waals surface area contributed by atoms with Crippen molar-refractivity contribution in [1.29, 1.82) is 0 Å². The summed E-state index contributed by atoms with van der Waals surface area (Å²) in [4.78, 5) is 0. The molecule has 0 N–H and O–H groups in total. The third kappa shape index (κ3) is 5.64. The molecule has 0 unspecified atom stereocenters. The standard InChI is InChI=1S/C32H34O2P2/c1-25(35(27-15-7-3-8-16-27)28-17-9-4-10-18-28)31-32(34-24-23-33-31)26(2)36(29-19-11-5-12-20-29)30-21-13-6-14-22-30/h3-22,25-26,31-32H,23-24H2,1-2H3/t25-,26-,31-,32-/m1/s1. The molecule has 1 fully saturated rings. The Bertz CT molecular complexity index is 1010. The van der Waals surface area contributed by atoms with E-state index in [1.807, 2.05) is 0 Å². The minimum Gasteiger partial charge on any atom is -0.372 e. The fourth-order valence-corrected chi connectivity index (χ4v) is 10.8. The fourth-order valence-electron chi connectivity index (χ4n) is 5.27. The van der Waals surface area contributed by atoms with Crippen molar-refractivity contribution in [3.8, 4) is 0 Å². The zero-order valence-corrected chi connectivity index (χ0v) is 22.8. The molecule has 0 spiro atoms. The summed E-state index contributed by atoms with van der Waals surface area (Å²) < 4.78 is 13.2. The van der Waals surface area contributed by atoms with E-state index in [0.717, 1.165) is 0 Å². The first kappa shape index (κ1) is 25.3. The lowest BCUT2D eigenvalue weighted by Gasteiger charge is -2.43. The summed E-state index contributed by atoms with van der Waals surface area (Å²) in [7, 11) is -1.22. The second-order valence-electron chi connectivity index (χ2n) is 9.23. The molecule has 4 atom stereocenters. The molecule has 0 saturated carbocycles. The number of rotatable bonds is 8. The Kier molecular flexibility index (Phi) is 8.63. The molecule has 2 nitrogen and oxygen atoms in total. The normalized spacial score (nSPS) is 19.8. The highest BCUT2D eigenvalue weighted by molar-refractivity contribution is 7.74. The number of hydrogen-bond donors (Lipinski definition) is 0. The van der Waals surface area contributed by atoms with Crippen LogP contribution in [0.25, 0.3) is 0 Å². The van der Waals surface area contributed by atoms with Gasteiger partial charge in [0.05, 0.1) is 25.4 Å². The average molecular weight is 513 g/mol. The molecule has 0 amide bonds. The monoisotopic (exact) mass is 512 g/mol. The highest BCUT2D eigenvalue weighted by Crippen LogP contribution is 2.48. The van der Waals surface area contributed by atoms with E-state index >= 15 is 0 Å². The van der Waals surface area contributed by atoms with Crippen LogP contribution in [0.4, 0.5) is 0 Å². The average Bonchev–Trinajstić information content (AvgIpc) is 2.95. The van der Waals surface area contributed by atoms with E-state index in [0.29, 0.717) is 24.5 Å². The van der Waals surface area contributed by atoms with Gasteiger partial charge in [0.25, 0.3) is 0 Å². The first-order valence-electron chi connectivity index (χ1n) is 12.8. The quantitative estimate of drug-likeness (QED) is 0.277. The second kappa shape index (κ2) is 12.3. The first-order chi connectivity index (χ1) is 17.7. The van der Waals surface area contributed by atoms with E-state index in [9.17, 15) is 0 Å². The first-order valence-corrected chi connectivity index (χ1v) is 15.6. The molecule has 184 valence electrons. The van der Waals surface area contributed by atoms with Gasteiger partial charge in [0.2, 0.25) is 0 Å². The molecule has 5 rings (SSSR count). The topological polar surface area (TPSA) is 18.5 Å². The number of hydrogen-bond acceptors (Lipinski definition) is 2. The second-order valence-corrected chi connectivity index (χ2v) is 14.4. The Morgan fingerprint density at radius 1 is 0.472 bits per heavy atom. The molecule has 0 aromatic heterocycles. The highest BCUT2D eigenvalue weighted by Gasteiger charge is 2.42. The van der Waals surface area contributed by atoms with Crippen molar-refractivity contribution in [3.05, 3.63) is 121 Å². The third-order valence-electron chi connectivity index (χ3n) is 6.93. The van der Waals surface area contributed by atoms with Crippen molar-refractivity contribution >= 4 is 37.1 Å². The van der Waals surface area contributed by atoms with Crippen LogP contribution in [0, 0.1) is 0 Å². The summed E-state index contributed by atoms with van der Waals surface area (Å²) in [5, 5.41) is 5.56. The Hall–Kier alpha value is -2.34. The van der Waals surface area contributed by atoms with Crippen molar-refractivity contribution in [2.75, 3.05) is 13.2 Å². The van der Waals surface area contributed by atoms with E-state index in [2.05, 4.69) is 135 Å². The van der Waals surface area contributed by atoms with E-state index in [4.69, 9.17) is 9.47 Å². The van der Waals surface area contributed by atoms with Crippen LogP contribution < -0.4 is 21.2 Å². The Morgan fingerprint density at radius 3 is 0.972 bits per heavy atom. The van der Waals surface area contributed by atoms with Crippen LogP contribution in [-0.4, -0.2) is 36.7 Å². The van der Waals surface area contributed by atoms with Gasteiger partial charge in [-0.25, -0.2) is 0 Å². The molecule has 4 aromatic carbocycles. The van der Waals surface area contributed by atoms with Crippen LogP contribution in [0.5, 0.6) is 0 Å². The zero-order chi connectivity index (χ0) is 24.7. The van der Waals surface area contributed by atoms with Gasteiger partial charge in [0.1, 0.15) is 0 Å². The Balaban J connectivity index is 1.51. The molecule has 36 heavy (non-hydrogen) atoms. The maximum Gasteiger partial charge on any atom is 0.0914 e. The maximum absolute atomic E-state index is 6.62. The van der Waals surface area contributed by atoms with E-state index in [1.54, 1.807) is 0 Å². The summed E-state index contributed by atoms with van der Waals surface area (Å²) in [5.41, 5.74) is 0.613. The van der Waals surface area contributed by atoms with Gasteiger partial charge in [0.15, 0.2) is 0 Å². The molecular formula is C32H34O2P2. The van der Waals surface area contributed by atoms with Gasteiger partial charge < -0.3 is 9.47 Å². The predicted molar refractivity (Wildman–Crippen MR) is 157 cm³/mol. The van der Waals surface area contributed by atoms with Crippen molar-refractivity contribution in [2.45, 2.75) is 37.4 Å². The van der Waals surface area contributed by atoms with Crippen LogP contribution in [0.3, 0.4) is 0 Å². The van der Waals surface area contributed by atoms with Crippen LogP contribution in [-0.2, 0) is 9.47 Å². The molecule has 0 aliphatic carbocycles. The molecule has 0 bridgehead atoms.